The molecule has 1 aromatic heterocycles. The number of aryl methyl sites for hydroxylation is 2. The fraction of sp³-hybridized carbons (Fsp3) is 0.267. The molecule has 0 radical (unpaired) electrons. The van der Waals surface area contributed by atoms with Gasteiger partial charge in [0.2, 0.25) is 0 Å². The van der Waals surface area contributed by atoms with E-state index in [1.807, 2.05) is 51.2 Å². The average Bonchev–Trinajstić information content (AvgIpc) is 3.14. The van der Waals surface area contributed by atoms with Gasteiger partial charge in [-0.25, -0.2) is 4.39 Å². The maximum absolute atomic E-state index is 14.0. The summed E-state index contributed by atoms with van der Waals surface area (Å²) in [7, 11) is 2.02. The number of carboxylic acid groups (broad SMARTS) is 1. The molecule has 3 aromatic carbocycles. The van der Waals surface area contributed by atoms with Gasteiger partial charge >= 0.3 is 5.97 Å². The van der Waals surface area contributed by atoms with Crippen molar-refractivity contribution in [3.05, 3.63) is 88.4 Å². The molecule has 5 rings (SSSR count). The molecule has 0 aliphatic carbocycles. The minimum atomic E-state index is -1.05. The van der Waals surface area contributed by atoms with Gasteiger partial charge in [-0.2, -0.15) is 0 Å². The fourth-order valence-corrected chi connectivity index (χ4v) is 5.15. The lowest BCUT2D eigenvalue weighted by atomic mass is 10.0. The predicted molar refractivity (Wildman–Crippen MR) is 143 cm³/mol. The van der Waals surface area contributed by atoms with Crippen LogP contribution in [0.2, 0.25) is 0 Å². The lowest BCUT2D eigenvalue weighted by Crippen LogP contribution is -2.41. The molecule has 1 aliphatic heterocycles. The Morgan fingerprint density at radius 3 is 2.61 bits per heavy atom. The van der Waals surface area contributed by atoms with Crippen molar-refractivity contribution in [3.63, 3.8) is 0 Å². The van der Waals surface area contributed by atoms with Crippen molar-refractivity contribution < 1.29 is 28.6 Å². The number of hydrogen-bond donors (Lipinski definition) is 1. The maximum Gasteiger partial charge on any atom is 0.307 e. The predicted octanol–water partition coefficient (Wildman–Crippen LogP) is 5.30. The van der Waals surface area contributed by atoms with Crippen LogP contribution >= 0.6 is 0 Å². The first-order chi connectivity index (χ1) is 18.1. The van der Waals surface area contributed by atoms with Crippen molar-refractivity contribution in [2.45, 2.75) is 33.3 Å². The van der Waals surface area contributed by atoms with E-state index in [1.165, 1.54) is 22.8 Å². The number of ether oxygens (including phenoxy) is 2. The third-order valence-electron chi connectivity index (χ3n) is 7.05. The number of likely N-dealkylation sites (N-methyl/N-ethyl adjacent to an activating group) is 1. The molecule has 0 spiro atoms. The normalized spacial score (nSPS) is 14.8. The number of carbonyl (C=O) groups excluding carboxylic acids is 1. The Labute approximate surface area is 220 Å². The minimum absolute atomic E-state index is 0.155. The number of hydrogen-bond acceptors (Lipinski definition) is 5. The lowest BCUT2D eigenvalue weighted by Gasteiger charge is -2.33. The van der Waals surface area contributed by atoms with Crippen molar-refractivity contribution in [1.82, 2.24) is 4.57 Å². The van der Waals surface area contributed by atoms with Crippen molar-refractivity contribution >= 4 is 28.5 Å². The molecule has 0 fully saturated rings. The average molecular weight is 517 g/mol. The summed E-state index contributed by atoms with van der Waals surface area (Å²) in [6, 6.07) is 15.6. The largest absolute Gasteiger partial charge is 0.489 e. The number of carboxylic acids is 1. The van der Waals surface area contributed by atoms with Gasteiger partial charge in [0.05, 0.1) is 24.2 Å². The first kappa shape index (κ1) is 25.3. The summed E-state index contributed by atoms with van der Waals surface area (Å²) in [6.07, 6.45) is -0.461. The molecule has 0 saturated heterocycles. The second kappa shape index (κ2) is 9.85. The van der Waals surface area contributed by atoms with Gasteiger partial charge in [-0.15, -0.1) is 0 Å². The highest BCUT2D eigenvalue weighted by Gasteiger charge is 2.25. The number of aromatic nitrogens is 1. The van der Waals surface area contributed by atoms with Gasteiger partial charge in [-0.05, 0) is 79.9 Å². The molecule has 0 amide bonds. The van der Waals surface area contributed by atoms with Crippen LogP contribution in [0.4, 0.5) is 10.1 Å². The van der Waals surface area contributed by atoms with E-state index < -0.39 is 11.8 Å². The lowest BCUT2D eigenvalue weighted by molar-refractivity contribution is -0.136. The van der Waals surface area contributed by atoms with Gasteiger partial charge in [-0.3, -0.25) is 14.2 Å². The van der Waals surface area contributed by atoms with Crippen molar-refractivity contribution in [2.24, 2.45) is 0 Å². The number of carbonyl (C=O) groups is 2. The van der Waals surface area contributed by atoms with Crippen molar-refractivity contribution in [2.75, 3.05) is 25.1 Å². The maximum atomic E-state index is 14.0. The van der Waals surface area contributed by atoms with E-state index in [0.29, 0.717) is 52.2 Å². The van der Waals surface area contributed by atoms with Crippen LogP contribution in [0.3, 0.4) is 0 Å². The number of aliphatic carboxylic acids is 1. The van der Waals surface area contributed by atoms with Crippen molar-refractivity contribution in [3.8, 4) is 11.5 Å². The zero-order valence-corrected chi connectivity index (χ0v) is 21.7. The highest BCUT2D eigenvalue weighted by atomic mass is 19.1. The number of anilines is 1. The van der Waals surface area contributed by atoms with Gasteiger partial charge in [-0.1, -0.05) is 12.1 Å². The molecule has 4 aromatic rings. The monoisotopic (exact) mass is 516 g/mol. The zero-order chi connectivity index (χ0) is 27.1. The summed E-state index contributed by atoms with van der Waals surface area (Å²) in [5, 5.41) is 9.81. The first-order valence-electron chi connectivity index (χ1n) is 12.4. The second-order valence-corrected chi connectivity index (χ2v) is 9.77. The minimum Gasteiger partial charge on any atom is -0.489 e. The fourth-order valence-electron chi connectivity index (χ4n) is 5.15. The highest BCUT2D eigenvalue weighted by Crippen LogP contribution is 2.33. The van der Waals surface area contributed by atoms with Crippen LogP contribution in [0.25, 0.3) is 10.9 Å². The third kappa shape index (κ3) is 4.58. The molecule has 8 heteroatoms. The van der Waals surface area contributed by atoms with Crippen LogP contribution in [0, 0.1) is 26.6 Å². The Morgan fingerprint density at radius 1 is 1.08 bits per heavy atom. The van der Waals surface area contributed by atoms with E-state index in [9.17, 15) is 19.1 Å². The molecular weight excluding hydrogens is 487 g/mol. The van der Waals surface area contributed by atoms with E-state index in [-0.39, 0.29) is 18.4 Å². The van der Waals surface area contributed by atoms with Crippen LogP contribution in [-0.4, -0.2) is 47.9 Å². The van der Waals surface area contributed by atoms with Gasteiger partial charge in [0.15, 0.2) is 0 Å². The summed E-state index contributed by atoms with van der Waals surface area (Å²) in [4.78, 5) is 27.4. The molecule has 38 heavy (non-hydrogen) atoms. The molecule has 0 saturated carbocycles. The first-order valence-corrected chi connectivity index (χ1v) is 12.4. The van der Waals surface area contributed by atoms with Gasteiger partial charge < -0.3 is 19.5 Å². The number of fused-ring (bicyclic) bond motifs is 2. The molecule has 0 bridgehead atoms. The Balaban J connectivity index is 1.41. The van der Waals surface area contributed by atoms with Crippen LogP contribution in [0.15, 0.2) is 54.6 Å². The van der Waals surface area contributed by atoms with Gasteiger partial charge in [0.1, 0.15) is 30.0 Å². The van der Waals surface area contributed by atoms with Crippen LogP contribution in [0.1, 0.15) is 32.7 Å². The van der Waals surface area contributed by atoms with Crippen LogP contribution in [0.5, 0.6) is 11.5 Å². The molecular formula is C30H29FN2O5. The quantitative estimate of drug-likeness (QED) is 0.375. The van der Waals surface area contributed by atoms with E-state index in [4.69, 9.17) is 9.47 Å². The standard InChI is InChI=1S/C30H29FN2O5/c1-17-12-28(37-16-21-15-32(4)26-7-5-6-8-27(26)38-21)18(2)11-22(17)30(36)33-19(3)23(14-29(34)35)24-13-20(31)9-10-25(24)33/h5-13,21H,14-16H2,1-4H3,(H,34,35)/t21-/m0/s1. The highest BCUT2D eigenvalue weighted by molar-refractivity contribution is 6.05. The summed E-state index contributed by atoms with van der Waals surface area (Å²) in [5.41, 5.74) is 4.38. The summed E-state index contributed by atoms with van der Waals surface area (Å²) < 4.78 is 27.7. The second-order valence-electron chi connectivity index (χ2n) is 9.77. The Kier molecular flexibility index (Phi) is 6.57. The van der Waals surface area contributed by atoms with Crippen molar-refractivity contribution in [1.29, 1.82) is 0 Å². The Morgan fingerprint density at radius 2 is 1.84 bits per heavy atom. The molecule has 7 nitrogen and oxygen atoms in total. The van der Waals surface area contributed by atoms with E-state index in [0.717, 1.165) is 17.0 Å². The number of para-hydroxylation sites is 2. The number of rotatable bonds is 6. The SMILES string of the molecule is Cc1cc(C(=O)n2c(C)c(CC(=O)O)c3cc(F)ccc32)c(C)cc1OC[C@@H]1CN(C)c2ccccc2O1. The molecule has 0 unspecified atom stereocenters. The smallest absolute Gasteiger partial charge is 0.307 e. The topological polar surface area (TPSA) is 81.0 Å². The van der Waals surface area contributed by atoms with E-state index >= 15 is 0 Å². The van der Waals surface area contributed by atoms with E-state index in [1.54, 1.807) is 13.0 Å². The molecule has 1 aliphatic rings. The third-order valence-corrected chi connectivity index (χ3v) is 7.05. The van der Waals surface area contributed by atoms with Gasteiger partial charge in [0, 0.05) is 23.7 Å². The molecule has 2 heterocycles. The molecule has 196 valence electrons. The number of benzene rings is 3. The number of nitrogens with zero attached hydrogens (tertiary/aromatic N) is 2. The number of halogens is 1. The summed E-state index contributed by atoms with van der Waals surface area (Å²) in [6.45, 7) is 6.43. The Bertz CT molecular complexity index is 1570. The summed E-state index contributed by atoms with van der Waals surface area (Å²) >= 11 is 0. The van der Waals surface area contributed by atoms with Crippen LogP contribution in [-0.2, 0) is 11.2 Å². The molecule has 1 N–H and O–H groups in total. The Hall–Kier alpha value is -4.33. The molecule has 1 atom stereocenters. The summed E-state index contributed by atoms with van der Waals surface area (Å²) in [5.74, 6) is -0.364. The van der Waals surface area contributed by atoms with Gasteiger partial charge in [0.25, 0.3) is 5.91 Å². The zero-order valence-electron chi connectivity index (χ0n) is 21.7. The van der Waals surface area contributed by atoms with E-state index in [2.05, 4.69) is 4.90 Å². The van der Waals surface area contributed by atoms with Crippen LogP contribution < -0.4 is 14.4 Å².